The zero-order chi connectivity index (χ0) is 15.1. The van der Waals surface area contributed by atoms with Crippen LogP contribution >= 0.6 is 11.6 Å². The second-order valence-corrected chi connectivity index (χ2v) is 4.53. The molecule has 0 heterocycles. The Morgan fingerprint density at radius 1 is 1.25 bits per heavy atom. The van der Waals surface area contributed by atoms with E-state index in [0.29, 0.717) is 0 Å². The standard InChI is InChI=1S/C13H15ClN2O4/c1-16(2)12(18)7-15-11(17)8-20-13(19)9-5-3-4-6-10(9)14/h3-6H,7-8H2,1-2H3,(H,15,17). The summed E-state index contributed by atoms with van der Waals surface area (Å²) < 4.78 is 4.80. The molecular formula is C13H15ClN2O4. The molecule has 1 N–H and O–H groups in total. The number of ether oxygens (including phenoxy) is 1. The molecule has 7 heteroatoms. The van der Waals surface area contributed by atoms with Gasteiger partial charge >= 0.3 is 5.97 Å². The fraction of sp³-hybridized carbons (Fsp3) is 0.308. The second-order valence-electron chi connectivity index (χ2n) is 4.12. The number of hydrogen-bond acceptors (Lipinski definition) is 4. The highest BCUT2D eigenvalue weighted by Gasteiger charge is 2.13. The molecule has 0 spiro atoms. The first-order valence-corrected chi connectivity index (χ1v) is 6.18. The summed E-state index contributed by atoms with van der Waals surface area (Å²) in [4.78, 5) is 35.6. The lowest BCUT2D eigenvalue weighted by Crippen LogP contribution is -2.38. The minimum Gasteiger partial charge on any atom is -0.452 e. The Morgan fingerprint density at radius 2 is 1.90 bits per heavy atom. The smallest absolute Gasteiger partial charge is 0.340 e. The molecule has 1 rings (SSSR count). The summed E-state index contributed by atoms with van der Waals surface area (Å²) in [5.74, 6) is -1.50. The van der Waals surface area contributed by atoms with Gasteiger partial charge in [-0.2, -0.15) is 0 Å². The van der Waals surface area contributed by atoms with Crippen LogP contribution in [0.2, 0.25) is 5.02 Å². The van der Waals surface area contributed by atoms with Crippen LogP contribution in [0.3, 0.4) is 0 Å². The largest absolute Gasteiger partial charge is 0.452 e. The van der Waals surface area contributed by atoms with Gasteiger partial charge in [-0.1, -0.05) is 23.7 Å². The predicted octanol–water partition coefficient (Wildman–Crippen LogP) is 0.701. The lowest BCUT2D eigenvalue weighted by molar-refractivity contribution is -0.131. The maximum absolute atomic E-state index is 11.7. The van der Waals surface area contributed by atoms with Crippen molar-refractivity contribution in [1.82, 2.24) is 10.2 Å². The Labute approximate surface area is 121 Å². The quantitative estimate of drug-likeness (QED) is 0.812. The molecule has 0 saturated carbocycles. The summed E-state index contributed by atoms with van der Waals surface area (Å²) in [6, 6.07) is 6.36. The average Bonchev–Trinajstić information content (AvgIpc) is 2.42. The van der Waals surface area contributed by atoms with E-state index in [4.69, 9.17) is 16.3 Å². The molecule has 20 heavy (non-hydrogen) atoms. The molecule has 0 aliphatic rings. The fourth-order valence-corrected chi connectivity index (χ4v) is 1.43. The molecular weight excluding hydrogens is 284 g/mol. The van der Waals surface area contributed by atoms with Gasteiger partial charge in [0.1, 0.15) is 0 Å². The van der Waals surface area contributed by atoms with E-state index in [1.54, 1.807) is 32.3 Å². The molecule has 1 aromatic carbocycles. The first kappa shape index (κ1) is 16.0. The first-order valence-electron chi connectivity index (χ1n) is 5.80. The Kier molecular flexibility index (Phi) is 5.99. The summed E-state index contributed by atoms with van der Waals surface area (Å²) in [6.45, 7) is -0.611. The van der Waals surface area contributed by atoms with Gasteiger partial charge in [0.25, 0.3) is 5.91 Å². The van der Waals surface area contributed by atoms with Gasteiger partial charge < -0.3 is 15.0 Å². The monoisotopic (exact) mass is 298 g/mol. The number of nitrogens with one attached hydrogen (secondary N) is 1. The Morgan fingerprint density at radius 3 is 2.50 bits per heavy atom. The van der Waals surface area contributed by atoms with Crippen molar-refractivity contribution in [1.29, 1.82) is 0 Å². The van der Waals surface area contributed by atoms with E-state index in [-0.39, 0.29) is 23.0 Å². The summed E-state index contributed by atoms with van der Waals surface area (Å²) in [5, 5.41) is 2.60. The highest BCUT2D eigenvalue weighted by Crippen LogP contribution is 2.15. The number of rotatable bonds is 5. The van der Waals surface area contributed by atoms with E-state index in [9.17, 15) is 14.4 Å². The van der Waals surface area contributed by atoms with Gasteiger partial charge in [0.15, 0.2) is 6.61 Å². The number of carbonyl (C=O) groups is 3. The molecule has 0 aliphatic heterocycles. The minimum atomic E-state index is -0.690. The van der Waals surface area contributed by atoms with E-state index in [2.05, 4.69) is 5.32 Å². The van der Waals surface area contributed by atoms with Gasteiger partial charge in [-0.3, -0.25) is 9.59 Å². The zero-order valence-corrected chi connectivity index (χ0v) is 11.9. The van der Waals surface area contributed by atoms with Gasteiger partial charge in [-0.05, 0) is 12.1 Å². The van der Waals surface area contributed by atoms with Crippen molar-refractivity contribution in [2.45, 2.75) is 0 Å². The van der Waals surface area contributed by atoms with E-state index in [1.165, 1.54) is 11.0 Å². The number of esters is 1. The van der Waals surface area contributed by atoms with Crippen LogP contribution in [0.1, 0.15) is 10.4 Å². The molecule has 0 aliphatic carbocycles. The highest BCUT2D eigenvalue weighted by atomic mass is 35.5. The van der Waals surface area contributed by atoms with E-state index < -0.39 is 18.5 Å². The van der Waals surface area contributed by atoms with Gasteiger partial charge in [0.2, 0.25) is 5.91 Å². The van der Waals surface area contributed by atoms with Crippen molar-refractivity contribution in [2.75, 3.05) is 27.2 Å². The highest BCUT2D eigenvalue weighted by molar-refractivity contribution is 6.33. The van der Waals surface area contributed by atoms with Crippen molar-refractivity contribution >= 4 is 29.4 Å². The summed E-state index contributed by atoms with van der Waals surface area (Å²) in [7, 11) is 3.15. The molecule has 0 radical (unpaired) electrons. The molecule has 0 atom stereocenters. The van der Waals surface area contributed by atoms with Crippen molar-refractivity contribution < 1.29 is 19.1 Å². The third kappa shape index (κ3) is 4.89. The van der Waals surface area contributed by atoms with Crippen LogP contribution in [0.25, 0.3) is 0 Å². The van der Waals surface area contributed by atoms with Crippen molar-refractivity contribution in [3.05, 3.63) is 34.9 Å². The van der Waals surface area contributed by atoms with Gasteiger partial charge in [0.05, 0.1) is 17.1 Å². The number of halogens is 1. The molecule has 0 unspecified atom stereocenters. The number of carbonyl (C=O) groups excluding carboxylic acids is 3. The van der Waals surface area contributed by atoms with E-state index >= 15 is 0 Å². The van der Waals surface area contributed by atoms with Crippen LogP contribution < -0.4 is 5.32 Å². The van der Waals surface area contributed by atoms with Gasteiger partial charge in [-0.15, -0.1) is 0 Å². The lowest BCUT2D eigenvalue weighted by atomic mass is 10.2. The van der Waals surface area contributed by atoms with Gasteiger partial charge in [-0.25, -0.2) is 4.79 Å². The van der Waals surface area contributed by atoms with Crippen molar-refractivity contribution in [3.63, 3.8) is 0 Å². The van der Waals surface area contributed by atoms with Crippen LogP contribution in [0.4, 0.5) is 0 Å². The Hall–Kier alpha value is -2.08. The second kappa shape index (κ2) is 7.49. The first-order chi connectivity index (χ1) is 9.41. The lowest BCUT2D eigenvalue weighted by Gasteiger charge is -2.11. The molecule has 0 fully saturated rings. The van der Waals surface area contributed by atoms with Gasteiger partial charge in [0, 0.05) is 14.1 Å². The average molecular weight is 299 g/mol. The third-order valence-electron chi connectivity index (χ3n) is 2.36. The normalized spacial score (nSPS) is 9.75. The number of likely N-dealkylation sites (N-methyl/N-ethyl adjacent to an activating group) is 1. The zero-order valence-electron chi connectivity index (χ0n) is 11.2. The van der Waals surface area contributed by atoms with Crippen LogP contribution in [0, 0.1) is 0 Å². The number of nitrogens with zero attached hydrogens (tertiary/aromatic N) is 1. The van der Waals surface area contributed by atoms with Crippen LogP contribution in [0.15, 0.2) is 24.3 Å². The molecule has 0 saturated heterocycles. The Bertz CT molecular complexity index is 517. The molecule has 0 bridgehead atoms. The maximum atomic E-state index is 11.7. The molecule has 2 amide bonds. The van der Waals surface area contributed by atoms with Crippen LogP contribution in [-0.2, 0) is 14.3 Å². The van der Waals surface area contributed by atoms with E-state index in [1.807, 2.05) is 0 Å². The number of amides is 2. The molecule has 108 valence electrons. The van der Waals surface area contributed by atoms with Crippen LogP contribution in [0.5, 0.6) is 0 Å². The predicted molar refractivity (Wildman–Crippen MR) is 73.4 cm³/mol. The van der Waals surface area contributed by atoms with Crippen molar-refractivity contribution in [2.24, 2.45) is 0 Å². The molecule has 0 aromatic heterocycles. The number of hydrogen-bond donors (Lipinski definition) is 1. The minimum absolute atomic E-state index is 0.143. The Balaban J connectivity index is 2.40. The maximum Gasteiger partial charge on any atom is 0.340 e. The molecule has 6 nitrogen and oxygen atoms in total. The van der Waals surface area contributed by atoms with E-state index in [0.717, 1.165) is 0 Å². The van der Waals surface area contributed by atoms with Crippen LogP contribution in [-0.4, -0.2) is 49.9 Å². The summed E-state index contributed by atoms with van der Waals surface area (Å²) in [6.07, 6.45) is 0. The summed E-state index contributed by atoms with van der Waals surface area (Å²) >= 11 is 5.82. The fourth-order valence-electron chi connectivity index (χ4n) is 1.22. The SMILES string of the molecule is CN(C)C(=O)CNC(=O)COC(=O)c1ccccc1Cl. The number of benzene rings is 1. The molecule has 1 aromatic rings. The van der Waals surface area contributed by atoms with Crippen molar-refractivity contribution in [3.8, 4) is 0 Å². The third-order valence-corrected chi connectivity index (χ3v) is 2.69. The summed E-state index contributed by atoms with van der Waals surface area (Å²) in [5.41, 5.74) is 0.186. The topological polar surface area (TPSA) is 75.7 Å².